The van der Waals surface area contributed by atoms with Crippen LogP contribution in [0.4, 0.5) is 4.39 Å². The van der Waals surface area contributed by atoms with Gasteiger partial charge in [0.2, 0.25) is 5.91 Å². The average molecular weight is 304 g/mol. The molecule has 2 aromatic rings. The summed E-state index contributed by atoms with van der Waals surface area (Å²) in [4.78, 5) is 12.7. The van der Waals surface area contributed by atoms with E-state index in [-0.39, 0.29) is 18.3 Å². The summed E-state index contributed by atoms with van der Waals surface area (Å²) in [5.41, 5.74) is 8.03. The van der Waals surface area contributed by atoms with E-state index in [9.17, 15) is 9.18 Å². The molecule has 6 heteroatoms. The fraction of sp³-hybridized carbons (Fsp3) is 0.375. The number of carbonyl (C=O) groups excluding carboxylic acids is 1. The van der Waals surface area contributed by atoms with E-state index < -0.39 is 0 Å². The van der Waals surface area contributed by atoms with E-state index in [1.54, 1.807) is 16.8 Å². The summed E-state index contributed by atoms with van der Waals surface area (Å²) in [5.74, 6) is -0.567. The molecule has 0 saturated heterocycles. The van der Waals surface area contributed by atoms with Crippen LogP contribution in [-0.2, 0) is 18.3 Å². The van der Waals surface area contributed by atoms with Crippen LogP contribution in [-0.4, -0.2) is 40.7 Å². The van der Waals surface area contributed by atoms with Gasteiger partial charge in [0.15, 0.2) is 0 Å². The van der Waals surface area contributed by atoms with Crippen LogP contribution < -0.4 is 5.73 Å². The van der Waals surface area contributed by atoms with Gasteiger partial charge in [-0.1, -0.05) is 0 Å². The molecule has 1 amide bonds. The van der Waals surface area contributed by atoms with Crippen molar-refractivity contribution < 1.29 is 9.18 Å². The summed E-state index contributed by atoms with van der Waals surface area (Å²) < 4.78 is 14.8. The molecule has 1 heterocycles. The minimum atomic E-state index is -0.320. The highest BCUT2D eigenvalue weighted by molar-refractivity contribution is 5.75. The van der Waals surface area contributed by atoms with E-state index in [0.717, 1.165) is 36.3 Å². The molecule has 0 aliphatic heterocycles. The first-order valence-corrected chi connectivity index (χ1v) is 7.21. The molecule has 2 N–H and O–H groups in total. The summed E-state index contributed by atoms with van der Waals surface area (Å²) in [7, 11) is 3.74. The number of benzene rings is 1. The normalized spacial score (nSPS) is 11.1. The number of nitrogens with zero attached hydrogens (tertiary/aromatic N) is 3. The van der Waals surface area contributed by atoms with Crippen molar-refractivity contribution in [2.75, 3.05) is 20.1 Å². The van der Waals surface area contributed by atoms with Crippen molar-refractivity contribution >= 4 is 5.91 Å². The van der Waals surface area contributed by atoms with E-state index in [2.05, 4.69) is 5.10 Å². The molecule has 0 saturated carbocycles. The lowest BCUT2D eigenvalue weighted by Crippen LogP contribution is -2.31. The predicted molar refractivity (Wildman–Crippen MR) is 83.6 cm³/mol. The lowest BCUT2D eigenvalue weighted by atomic mass is 10.1. The molecule has 0 bridgehead atoms. The van der Waals surface area contributed by atoms with Crippen LogP contribution >= 0.6 is 0 Å². The molecular formula is C16H21FN4O. The Hall–Kier alpha value is -2.21. The molecule has 118 valence electrons. The Morgan fingerprint density at radius 3 is 2.68 bits per heavy atom. The Kier molecular flexibility index (Phi) is 5.27. The second kappa shape index (κ2) is 7.17. The third-order valence-corrected chi connectivity index (χ3v) is 3.47. The van der Waals surface area contributed by atoms with Gasteiger partial charge in [0.05, 0.1) is 17.9 Å². The molecule has 0 atom stereocenters. The van der Waals surface area contributed by atoms with Gasteiger partial charge in [0, 0.05) is 7.05 Å². The van der Waals surface area contributed by atoms with Crippen molar-refractivity contribution in [2.45, 2.75) is 12.8 Å². The van der Waals surface area contributed by atoms with Crippen molar-refractivity contribution in [3.8, 4) is 11.3 Å². The van der Waals surface area contributed by atoms with E-state index >= 15 is 0 Å². The van der Waals surface area contributed by atoms with Crippen LogP contribution in [0.3, 0.4) is 0 Å². The standard InChI is InChI=1S/C16H21FN4O/c1-20(11-16(18)22)9-3-4-14-10-15(21(2)19-14)12-5-7-13(17)8-6-12/h5-8,10H,3-4,9,11H2,1-2H3,(H2,18,22). The summed E-state index contributed by atoms with van der Waals surface area (Å²) in [5, 5.41) is 4.48. The molecule has 0 aliphatic carbocycles. The molecule has 0 spiro atoms. The van der Waals surface area contributed by atoms with Gasteiger partial charge in [0.1, 0.15) is 5.82 Å². The van der Waals surface area contributed by atoms with Gasteiger partial charge in [-0.05, 0) is 62.3 Å². The van der Waals surface area contributed by atoms with Gasteiger partial charge in [0.25, 0.3) is 0 Å². The maximum atomic E-state index is 13.0. The van der Waals surface area contributed by atoms with Crippen molar-refractivity contribution in [3.63, 3.8) is 0 Å². The number of nitrogens with two attached hydrogens (primary N) is 1. The zero-order valence-corrected chi connectivity index (χ0v) is 12.9. The first-order chi connectivity index (χ1) is 10.5. The van der Waals surface area contributed by atoms with Crippen molar-refractivity contribution in [3.05, 3.63) is 41.8 Å². The van der Waals surface area contributed by atoms with E-state index in [4.69, 9.17) is 5.73 Å². The third kappa shape index (κ3) is 4.39. The van der Waals surface area contributed by atoms with Crippen molar-refractivity contribution in [1.82, 2.24) is 14.7 Å². The first kappa shape index (κ1) is 16.2. The number of amides is 1. The smallest absolute Gasteiger partial charge is 0.231 e. The maximum absolute atomic E-state index is 13.0. The summed E-state index contributed by atoms with van der Waals surface area (Å²) in [6.45, 7) is 1.05. The Morgan fingerprint density at radius 2 is 2.05 bits per heavy atom. The number of hydrogen-bond donors (Lipinski definition) is 1. The van der Waals surface area contributed by atoms with Crippen molar-refractivity contribution in [2.24, 2.45) is 12.8 Å². The van der Waals surface area contributed by atoms with E-state index in [1.807, 2.05) is 25.1 Å². The maximum Gasteiger partial charge on any atom is 0.231 e. The molecule has 0 fully saturated rings. The Balaban J connectivity index is 1.95. The van der Waals surface area contributed by atoms with Crippen LogP contribution in [0.25, 0.3) is 11.3 Å². The summed E-state index contributed by atoms with van der Waals surface area (Å²) in [6.07, 6.45) is 1.71. The largest absolute Gasteiger partial charge is 0.369 e. The molecule has 0 radical (unpaired) electrons. The first-order valence-electron chi connectivity index (χ1n) is 7.21. The zero-order chi connectivity index (χ0) is 16.1. The molecule has 1 aromatic carbocycles. The Morgan fingerprint density at radius 1 is 1.36 bits per heavy atom. The third-order valence-electron chi connectivity index (χ3n) is 3.47. The quantitative estimate of drug-likeness (QED) is 0.844. The lowest BCUT2D eigenvalue weighted by Gasteiger charge is -2.13. The van der Waals surface area contributed by atoms with E-state index in [0.29, 0.717) is 0 Å². The Labute approximate surface area is 129 Å². The number of likely N-dealkylation sites (N-methyl/N-ethyl adjacent to an activating group) is 1. The van der Waals surface area contributed by atoms with Crippen LogP contribution in [0.2, 0.25) is 0 Å². The second-order valence-corrected chi connectivity index (χ2v) is 5.46. The number of carbonyl (C=O) groups is 1. The van der Waals surface area contributed by atoms with Gasteiger partial charge in [-0.2, -0.15) is 5.10 Å². The number of rotatable bonds is 7. The summed E-state index contributed by atoms with van der Waals surface area (Å²) in [6, 6.07) is 8.40. The fourth-order valence-corrected chi connectivity index (χ4v) is 2.41. The molecule has 0 aliphatic rings. The van der Waals surface area contributed by atoms with Crippen LogP contribution in [0, 0.1) is 5.82 Å². The highest BCUT2D eigenvalue weighted by Crippen LogP contribution is 2.20. The zero-order valence-electron chi connectivity index (χ0n) is 12.9. The monoisotopic (exact) mass is 304 g/mol. The number of hydrogen-bond acceptors (Lipinski definition) is 3. The van der Waals surface area contributed by atoms with Crippen LogP contribution in [0.15, 0.2) is 30.3 Å². The lowest BCUT2D eigenvalue weighted by molar-refractivity contribution is -0.118. The topological polar surface area (TPSA) is 64.2 Å². The number of aryl methyl sites for hydroxylation is 2. The van der Waals surface area contributed by atoms with E-state index in [1.165, 1.54) is 12.1 Å². The van der Waals surface area contributed by atoms with Crippen LogP contribution in [0.5, 0.6) is 0 Å². The number of halogens is 1. The molecule has 5 nitrogen and oxygen atoms in total. The minimum absolute atomic E-state index is 0.247. The molecule has 2 rings (SSSR count). The van der Waals surface area contributed by atoms with Gasteiger partial charge in [-0.3, -0.25) is 14.4 Å². The summed E-state index contributed by atoms with van der Waals surface area (Å²) >= 11 is 0. The van der Waals surface area contributed by atoms with Gasteiger partial charge >= 0.3 is 0 Å². The van der Waals surface area contributed by atoms with Gasteiger partial charge in [-0.15, -0.1) is 0 Å². The van der Waals surface area contributed by atoms with Crippen LogP contribution in [0.1, 0.15) is 12.1 Å². The number of primary amides is 1. The second-order valence-electron chi connectivity index (χ2n) is 5.46. The molecule has 1 aromatic heterocycles. The molecular weight excluding hydrogens is 283 g/mol. The predicted octanol–water partition coefficient (Wildman–Crippen LogP) is 1.58. The van der Waals surface area contributed by atoms with Gasteiger partial charge in [-0.25, -0.2) is 4.39 Å². The SMILES string of the molecule is CN(CCCc1cc(-c2ccc(F)cc2)n(C)n1)CC(N)=O. The minimum Gasteiger partial charge on any atom is -0.369 e. The molecule has 22 heavy (non-hydrogen) atoms. The molecule has 0 unspecified atom stereocenters. The van der Waals surface area contributed by atoms with Crippen molar-refractivity contribution in [1.29, 1.82) is 0 Å². The van der Waals surface area contributed by atoms with Gasteiger partial charge < -0.3 is 5.73 Å². The highest BCUT2D eigenvalue weighted by Gasteiger charge is 2.08. The Bertz CT molecular complexity index is 636. The highest BCUT2D eigenvalue weighted by atomic mass is 19.1. The fourth-order valence-electron chi connectivity index (χ4n) is 2.41. The number of aromatic nitrogens is 2. The average Bonchev–Trinajstić information content (AvgIpc) is 2.80.